The van der Waals surface area contributed by atoms with E-state index in [4.69, 9.17) is 9.47 Å². The molecule has 0 saturated heterocycles. The van der Waals surface area contributed by atoms with Crippen molar-refractivity contribution in [2.24, 2.45) is 0 Å². The molecular weight excluding hydrogens is 396 g/mol. The Balaban J connectivity index is 2.27. The molecule has 2 rings (SSSR count). The highest BCUT2D eigenvalue weighted by Gasteiger charge is 2.22. The van der Waals surface area contributed by atoms with Gasteiger partial charge < -0.3 is 14.8 Å². The Hall–Kier alpha value is -3.07. The van der Waals surface area contributed by atoms with Gasteiger partial charge in [-0.3, -0.25) is 9.10 Å². The van der Waals surface area contributed by atoms with Gasteiger partial charge in [0.1, 0.15) is 12.3 Å². The summed E-state index contributed by atoms with van der Waals surface area (Å²) in [5.74, 6) is -0.732. The number of esters is 1. The minimum Gasteiger partial charge on any atom is -0.491 e. The summed E-state index contributed by atoms with van der Waals surface area (Å²) >= 11 is 0. The maximum absolute atomic E-state index is 12.6. The molecule has 29 heavy (non-hydrogen) atoms. The van der Waals surface area contributed by atoms with E-state index in [0.717, 1.165) is 10.6 Å². The number of amides is 1. The van der Waals surface area contributed by atoms with Crippen LogP contribution >= 0.6 is 0 Å². The number of nitrogens with zero attached hydrogens (tertiary/aromatic N) is 1. The first-order valence-electron chi connectivity index (χ1n) is 8.83. The SMILES string of the molecule is COC(=O)c1ccccc1NC(=O)CN(c1cccc(OC(C)C)c1)S(C)(=O)=O. The molecule has 8 nitrogen and oxygen atoms in total. The first-order valence-corrected chi connectivity index (χ1v) is 10.7. The van der Waals surface area contributed by atoms with Crippen LogP contribution in [0.4, 0.5) is 11.4 Å². The number of methoxy groups -OCH3 is 1. The molecule has 0 radical (unpaired) electrons. The lowest BCUT2D eigenvalue weighted by Gasteiger charge is -2.23. The molecule has 1 N–H and O–H groups in total. The fraction of sp³-hybridized carbons (Fsp3) is 0.300. The average Bonchev–Trinajstić information content (AvgIpc) is 2.64. The monoisotopic (exact) mass is 420 g/mol. The molecule has 0 aliphatic heterocycles. The van der Waals surface area contributed by atoms with Crippen molar-refractivity contribution >= 4 is 33.3 Å². The van der Waals surface area contributed by atoms with Gasteiger partial charge in [0.2, 0.25) is 15.9 Å². The largest absolute Gasteiger partial charge is 0.491 e. The number of nitrogens with one attached hydrogen (secondary N) is 1. The molecule has 9 heteroatoms. The van der Waals surface area contributed by atoms with Crippen molar-refractivity contribution in [3.8, 4) is 5.75 Å². The van der Waals surface area contributed by atoms with E-state index in [2.05, 4.69) is 5.32 Å². The fourth-order valence-electron chi connectivity index (χ4n) is 2.58. The third-order valence-corrected chi connectivity index (χ3v) is 4.91. The Morgan fingerprint density at radius 2 is 1.79 bits per heavy atom. The molecule has 0 aliphatic rings. The van der Waals surface area contributed by atoms with Crippen LogP contribution in [0.3, 0.4) is 0 Å². The first kappa shape index (κ1) is 22.2. The quantitative estimate of drug-likeness (QED) is 0.659. The number of sulfonamides is 1. The predicted molar refractivity (Wildman–Crippen MR) is 111 cm³/mol. The van der Waals surface area contributed by atoms with E-state index < -0.39 is 28.4 Å². The Bertz CT molecular complexity index is 988. The van der Waals surface area contributed by atoms with Gasteiger partial charge in [0.05, 0.1) is 36.4 Å². The maximum atomic E-state index is 12.6. The van der Waals surface area contributed by atoms with E-state index in [-0.39, 0.29) is 17.4 Å². The first-order chi connectivity index (χ1) is 13.6. The van der Waals surface area contributed by atoms with Crippen LogP contribution in [-0.4, -0.2) is 46.3 Å². The number of rotatable bonds is 8. The summed E-state index contributed by atoms with van der Waals surface area (Å²) in [6.45, 7) is 3.24. The third kappa shape index (κ3) is 6.21. The van der Waals surface area contributed by atoms with Gasteiger partial charge in [0.15, 0.2) is 0 Å². The molecule has 156 valence electrons. The second kappa shape index (κ2) is 9.42. The van der Waals surface area contributed by atoms with Crippen LogP contribution in [0.15, 0.2) is 48.5 Å². The van der Waals surface area contributed by atoms with Gasteiger partial charge in [0.25, 0.3) is 0 Å². The molecular formula is C20H24N2O6S. The van der Waals surface area contributed by atoms with Crippen LogP contribution in [0, 0.1) is 0 Å². The van der Waals surface area contributed by atoms with Gasteiger partial charge in [-0.15, -0.1) is 0 Å². The fourth-order valence-corrected chi connectivity index (χ4v) is 3.43. The van der Waals surface area contributed by atoms with Crippen LogP contribution < -0.4 is 14.4 Å². The summed E-state index contributed by atoms with van der Waals surface area (Å²) in [4.78, 5) is 24.4. The number of ether oxygens (including phenoxy) is 2. The number of carbonyl (C=O) groups is 2. The van der Waals surface area contributed by atoms with Crippen molar-refractivity contribution in [2.45, 2.75) is 20.0 Å². The van der Waals surface area contributed by atoms with E-state index in [1.54, 1.807) is 36.4 Å². The Morgan fingerprint density at radius 3 is 2.41 bits per heavy atom. The lowest BCUT2D eigenvalue weighted by atomic mass is 10.2. The number of anilines is 2. The highest BCUT2D eigenvalue weighted by Crippen LogP contribution is 2.24. The van der Waals surface area contributed by atoms with E-state index >= 15 is 0 Å². The zero-order valence-corrected chi connectivity index (χ0v) is 17.5. The van der Waals surface area contributed by atoms with Gasteiger partial charge in [0, 0.05) is 6.07 Å². The summed E-state index contributed by atoms with van der Waals surface area (Å²) in [5.41, 5.74) is 0.693. The molecule has 0 heterocycles. The molecule has 0 saturated carbocycles. The molecule has 0 spiro atoms. The maximum Gasteiger partial charge on any atom is 0.339 e. The molecule has 0 unspecified atom stereocenters. The molecule has 0 aliphatic carbocycles. The van der Waals surface area contributed by atoms with Crippen LogP contribution in [0.1, 0.15) is 24.2 Å². The lowest BCUT2D eigenvalue weighted by Crippen LogP contribution is -2.37. The number of para-hydroxylation sites is 1. The minimum absolute atomic E-state index is 0.0879. The van der Waals surface area contributed by atoms with Crippen LogP contribution in [-0.2, 0) is 19.6 Å². The minimum atomic E-state index is -3.76. The molecule has 0 aromatic heterocycles. The van der Waals surface area contributed by atoms with Crippen molar-refractivity contribution in [3.05, 3.63) is 54.1 Å². The van der Waals surface area contributed by atoms with E-state index in [1.807, 2.05) is 13.8 Å². The molecule has 0 fully saturated rings. The predicted octanol–water partition coefficient (Wildman–Crippen LogP) is 2.67. The van der Waals surface area contributed by atoms with Crippen molar-refractivity contribution in [2.75, 3.05) is 29.5 Å². The zero-order valence-electron chi connectivity index (χ0n) is 16.7. The second-order valence-corrected chi connectivity index (χ2v) is 8.43. The van der Waals surface area contributed by atoms with Crippen molar-refractivity contribution < 1.29 is 27.5 Å². The normalized spacial score (nSPS) is 11.1. The summed E-state index contributed by atoms with van der Waals surface area (Å²) in [6.07, 6.45) is 0.925. The molecule has 0 atom stereocenters. The zero-order chi connectivity index (χ0) is 21.6. The third-order valence-electron chi connectivity index (χ3n) is 3.77. The molecule has 1 amide bonds. The second-order valence-electron chi connectivity index (χ2n) is 6.52. The van der Waals surface area contributed by atoms with Gasteiger partial charge in [-0.25, -0.2) is 13.2 Å². The Labute approximate surface area is 170 Å². The van der Waals surface area contributed by atoms with Gasteiger partial charge in [-0.2, -0.15) is 0 Å². The van der Waals surface area contributed by atoms with Crippen molar-refractivity contribution in [1.29, 1.82) is 0 Å². The summed E-state index contributed by atoms with van der Waals surface area (Å²) in [6, 6.07) is 12.8. The highest BCUT2D eigenvalue weighted by molar-refractivity contribution is 7.92. The van der Waals surface area contributed by atoms with Crippen LogP contribution in [0.2, 0.25) is 0 Å². The van der Waals surface area contributed by atoms with E-state index in [0.29, 0.717) is 11.4 Å². The summed E-state index contributed by atoms with van der Waals surface area (Å²) in [5, 5.41) is 2.57. The summed E-state index contributed by atoms with van der Waals surface area (Å²) < 4.78 is 35.9. The van der Waals surface area contributed by atoms with Crippen molar-refractivity contribution in [3.63, 3.8) is 0 Å². The van der Waals surface area contributed by atoms with Crippen LogP contribution in [0.5, 0.6) is 5.75 Å². The molecule has 0 bridgehead atoms. The number of carbonyl (C=O) groups excluding carboxylic acids is 2. The van der Waals surface area contributed by atoms with E-state index in [1.165, 1.54) is 19.2 Å². The highest BCUT2D eigenvalue weighted by atomic mass is 32.2. The van der Waals surface area contributed by atoms with Crippen LogP contribution in [0.25, 0.3) is 0 Å². The van der Waals surface area contributed by atoms with E-state index in [9.17, 15) is 18.0 Å². The lowest BCUT2D eigenvalue weighted by molar-refractivity contribution is -0.114. The smallest absolute Gasteiger partial charge is 0.339 e. The molecule has 2 aromatic rings. The summed E-state index contributed by atoms with van der Waals surface area (Å²) in [7, 11) is -2.52. The number of benzene rings is 2. The average molecular weight is 420 g/mol. The van der Waals surface area contributed by atoms with Gasteiger partial charge in [-0.05, 0) is 38.1 Å². The topological polar surface area (TPSA) is 102 Å². The number of hydrogen-bond donors (Lipinski definition) is 1. The Kier molecular flexibility index (Phi) is 7.22. The van der Waals surface area contributed by atoms with Crippen molar-refractivity contribution in [1.82, 2.24) is 0 Å². The Morgan fingerprint density at radius 1 is 1.10 bits per heavy atom. The molecule has 2 aromatic carbocycles. The number of hydrogen-bond acceptors (Lipinski definition) is 6. The standard InChI is InChI=1S/C20H24N2O6S/c1-14(2)28-16-9-7-8-15(12-16)22(29(4,25)26)13-19(23)21-18-11-6-5-10-17(18)20(24)27-3/h5-12,14H,13H2,1-4H3,(H,21,23). The van der Waals surface area contributed by atoms with Gasteiger partial charge >= 0.3 is 5.97 Å². The van der Waals surface area contributed by atoms with Gasteiger partial charge in [-0.1, -0.05) is 18.2 Å².